The molecule has 0 saturated carbocycles. The molecule has 1 aromatic heterocycles. The van der Waals surface area contributed by atoms with E-state index in [1.54, 1.807) is 0 Å². The third-order valence-electron chi connectivity index (χ3n) is 5.55. The molecule has 31 heavy (non-hydrogen) atoms. The maximum absolute atomic E-state index is 13.3. The van der Waals surface area contributed by atoms with Crippen molar-refractivity contribution in [3.05, 3.63) is 50.2 Å². The van der Waals surface area contributed by atoms with Crippen molar-refractivity contribution >= 4 is 23.1 Å². The molecule has 0 spiro atoms. The largest absolute Gasteiger partial charge is 0.383 e. The van der Waals surface area contributed by atoms with Crippen molar-refractivity contribution in [1.29, 1.82) is 0 Å². The van der Waals surface area contributed by atoms with E-state index in [9.17, 15) is 14.4 Å². The zero-order chi connectivity index (χ0) is 22.5. The highest BCUT2D eigenvalue weighted by Crippen LogP contribution is 2.20. The zero-order valence-corrected chi connectivity index (χ0v) is 18.4. The van der Waals surface area contributed by atoms with Crippen LogP contribution < -0.4 is 27.2 Å². The number of benzene rings is 1. The van der Waals surface area contributed by atoms with Crippen LogP contribution in [0.5, 0.6) is 0 Å². The first-order valence-corrected chi connectivity index (χ1v) is 10.7. The van der Waals surface area contributed by atoms with E-state index in [1.165, 1.54) is 4.57 Å². The lowest BCUT2D eigenvalue weighted by Crippen LogP contribution is -2.48. The molecule has 3 N–H and O–H groups in total. The highest BCUT2D eigenvalue weighted by molar-refractivity contribution is 5.92. The van der Waals surface area contributed by atoms with Gasteiger partial charge in [-0.05, 0) is 31.4 Å². The Balaban J connectivity index is 2.01. The summed E-state index contributed by atoms with van der Waals surface area (Å²) in [4.78, 5) is 41.0. The Morgan fingerprint density at radius 3 is 2.39 bits per heavy atom. The molecule has 1 fully saturated rings. The van der Waals surface area contributed by atoms with Gasteiger partial charge in [0.1, 0.15) is 18.1 Å². The summed E-state index contributed by atoms with van der Waals surface area (Å²) < 4.78 is 7.77. The summed E-state index contributed by atoms with van der Waals surface area (Å²) >= 11 is 0. The van der Waals surface area contributed by atoms with Gasteiger partial charge in [-0.15, -0.1) is 0 Å². The first-order chi connectivity index (χ1) is 14.8. The van der Waals surface area contributed by atoms with Crippen LogP contribution in [0.3, 0.4) is 0 Å². The summed E-state index contributed by atoms with van der Waals surface area (Å²) in [5.74, 6) is -0.284. The van der Waals surface area contributed by atoms with Crippen LogP contribution in [0.1, 0.15) is 30.9 Å². The van der Waals surface area contributed by atoms with Crippen molar-refractivity contribution in [1.82, 2.24) is 9.13 Å². The predicted octanol–water partition coefficient (Wildman–Crippen LogP) is 1.48. The van der Waals surface area contributed by atoms with E-state index in [2.05, 4.69) is 5.32 Å². The van der Waals surface area contributed by atoms with Gasteiger partial charge in [-0.25, -0.2) is 9.36 Å². The van der Waals surface area contributed by atoms with E-state index in [0.29, 0.717) is 38.5 Å². The van der Waals surface area contributed by atoms with Crippen LogP contribution in [0.2, 0.25) is 0 Å². The lowest BCUT2D eigenvalue weighted by Gasteiger charge is -2.30. The molecule has 1 aliphatic rings. The van der Waals surface area contributed by atoms with Gasteiger partial charge in [0.15, 0.2) is 0 Å². The first kappa shape index (κ1) is 22.6. The smallest absolute Gasteiger partial charge is 0.333 e. The molecule has 0 radical (unpaired) electrons. The zero-order valence-electron chi connectivity index (χ0n) is 18.4. The van der Waals surface area contributed by atoms with Crippen LogP contribution in [0.15, 0.2) is 27.8 Å². The van der Waals surface area contributed by atoms with Crippen LogP contribution in [-0.2, 0) is 22.6 Å². The molecule has 0 unspecified atom stereocenters. The van der Waals surface area contributed by atoms with Crippen LogP contribution in [0.25, 0.3) is 0 Å². The number of unbranched alkanes of at least 4 members (excludes halogenated alkanes) is 1. The van der Waals surface area contributed by atoms with Crippen molar-refractivity contribution in [2.45, 2.75) is 46.7 Å². The minimum atomic E-state index is -0.565. The molecule has 1 aromatic carbocycles. The fourth-order valence-corrected chi connectivity index (χ4v) is 3.79. The van der Waals surface area contributed by atoms with Gasteiger partial charge < -0.3 is 20.7 Å². The molecule has 0 bridgehead atoms. The van der Waals surface area contributed by atoms with Gasteiger partial charge in [0.2, 0.25) is 5.91 Å². The fraction of sp³-hybridized carbons (Fsp3) is 0.500. The van der Waals surface area contributed by atoms with E-state index in [1.807, 2.05) is 43.9 Å². The third kappa shape index (κ3) is 4.82. The molecule has 1 saturated heterocycles. The van der Waals surface area contributed by atoms with Gasteiger partial charge in [-0.1, -0.05) is 31.5 Å². The Labute approximate surface area is 181 Å². The number of anilines is 3. The van der Waals surface area contributed by atoms with Gasteiger partial charge in [-0.2, -0.15) is 0 Å². The van der Waals surface area contributed by atoms with Crippen molar-refractivity contribution in [2.75, 3.05) is 42.3 Å². The number of ether oxygens (including phenoxy) is 1. The Bertz CT molecular complexity index is 1050. The topological polar surface area (TPSA) is 112 Å². The number of para-hydroxylation sites is 1. The number of aromatic nitrogens is 2. The maximum atomic E-state index is 13.3. The van der Waals surface area contributed by atoms with Crippen molar-refractivity contribution < 1.29 is 9.53 Å². The number of nitrogens with one attached hydrogen (secondary N) is 1. The van der Waals surface area contributed by atoms with Crippen LogP contribution >= 0.6 is 0 Å². The predicted molar refractivity (Wildman–Crippen MR) is 122 cm³/mol. The standard InChI is InChI=1S/C22H31N5O4/c1-4-5-9-26-20(23)19(25-10-12-31-13-11-25)21(29)27(22(26)30)14-17(28)24-18-15(2)7-6-8-16(18)3/h6-8H,4-5,9-14,23H2,1-3H3,(H,24,28). The van der Waals surface area contributed by atoms with E-state index >= 15 is 0 Å². The number of morpholine rings is 1. The molecule has 0 atom stereocenters. The molecule has 2 heterocycles. The van der Waals surface area contributed by atoms with Gasteiger partial charge in [0.05, 0.1) is 13.2 Å². The number of carbonyl (C=O) groups is 1. The number of amides is 1. The second-order valence-corrected chi connectivity index (χ2v) is 7.83. The van der Waals surface area contributed by atoms with Crippen molar-refractivity contribution in [2.24, 2.45) is 0 Å². The summed E-state index contributed by atoms with van der Waals surface area (Å²) in [6, 6.07) is 5.70. The number of carbonyl (C=O) groups excluding carboxylic acids is 1. The summed E-state index contributed by atoms with van der Waals surface area (Å²) in [5.41, 5.74) is 7.95. The molecule has 9 nitrogen and oxygen atoms in total. The second-order valence-electron chi connectivity index (χ2n) is 7.83. The average Bonchev–Trinajstić information content (AvgIpc) is 2.75. The molecule has 9 heteroatoms. The van der Waals surface area contributed by atoms with E-state index in [4.69, 9.17) is 10.5 Å². The van der Waals surface area contributed by atoms with Crippen LogP contribution in [0.4, 0.5) is 17.2 Å². The lowest BCUT2D eigenvalue weighted by atomic mass is 10.1. The molecule has 1 amide bonds. The maximum Gasteiger partial charge on any atom is 0.333 e. The molecular weight excluding hydrogens is 398 g/mol. The summed E-state index contributed by atoms with van der Waals surface area (Å²) in [5, 5.41) is 2.85. The molecule has 2 aromatic rings. The SMILES string of the molecule is CCCCn1c(N)c(N2CCOCC2)c(=O)n(CC(=O)Nc2c(C)cccc2C)c1=O. The molecule has 0 aliphatic carbocycles. The van der Waals surface area contributed by atoms with E-state index in [-0.39, 0.29) is 18.1 Å². The molecular formula is C22H31N5O4. The average molecular weight is 430 g/mol. The second kappa shape index (κ2) is 9.82. The molecule has 3 rings (SSSR count). The summed E-state index contributed by atoms with van der Waals surface area (Å²) in [6.07, 6.45) is 1.60. The minimum Gasteiger partial charge on any atom is -0.383 e. The third-order valence-corrected chi connectivity index (χ3v) is 5.55. The van der Waals surface area contributed by atoms with Crippen LogP contribution in [-0.4, -0.2) is 41.3 Å². The van der Waals surface area contributed by atoms with E-state index < -0.39 is 17.2 Å². The number of hydrogen-bond acceptors (Lipinski definition) is 6. The first-order valence-electron chi connectivity index (χ1n) is 10.7. The van der Waals surface area contributed by atoms with Gasteiger partial charge in [-0.3, -0.25) is 14.2 Å². The van der Waals surface area contributed by atoms with Crippen molar-refractivity contribution in [3.8, 4) is 0 Å². The van der Waals surface area contributed by atoms with Gasteiger partial charge >= 0.3 is 5.69 Å². The Hall–Kier alpha value is -3.07. The number of nitrogen functional groups attached to an aromatic ring is 1. The fourth-order valence-electron chi connectivity index (χ4n) is 3.79. The Morgan fingerprint density at radius 2 is 1.77 bits per heavy atom. The lowest BCUT2D eigenvalue weighted by molar-refractivity contribution is -0.116. The number of nitrogens with two attached hydrogens (primary N) is 1. The Kier molecular flexibility index (Phi) is 7.17. The number of aryl methyl sites for hydroxylation is 2. The highest BCUT2D eigenvalue weighted by atomic mass is 16.5. The van der Waals surface area contributed by atoms with Gasteiger partial charge in [0.25, 0.3) is 5.56 Å². The Morgan fingerprint density at radius 1 is 1.13 bits per heavy atom. The highest BCUT2D eigenvalue weighted by Gasteiger charge is 2.24. The summed E-state index contributed by atoms with van der Waals surface area (Å²) in [7, 11) is 0. The van der Waals surface area contributed by atoms with Crippen molar-refractivity contribution in [3.63, 3.8) is 0 Å². The number of rotatable bonds is 7. The van der Waals surface area contributed by atoms with Crippen LogP contribution in [0, 0.1) is 13.8 Å². The monoisotopic (exact) mass is 429 g/mol. The molecule has 168 valence electrons. The summed E-state index contributed by atoms with van der Waals surface area (Å²) in [6.45, 7) is 7.75. The molecule has 1 aliphatic heterocycles. The van der Waals surface area contributed by atoms with Gasteiger partial charge in [0, 0.05) is 25.3 Å². The quantitative estimate of drug-likeness (QED) is 0.690. The number of nitrogens with zero attached hydrogens (tertiary/aromatic N) is 3. The number of hydrogen-bond donors (Lipinski definition) is 2. The normalized spacial score (nSPS) is 14.0. The van der Waals surface area contributed by atoms with E-state index in [0.717, 1.165) is 28.5 Å². The minimum absolute atomic E-state index is 0.150.